The van der Waals surface area contributed by atoms with E-state index in [-0.39, 0.29) is 0 Å². The van der Waals surface area contributed by atoms with Gasteiger partial charge in [-0.1, -0.05) is 43.2 Å². The molecular formula is C26H39N5O3. The highest BCUT2D eigenvalue weighted by molar-refractivity contribution is 5.14. The molecule has 0 unspecified atom stereocenters. The van der Waals surface area contributed by atoms with Gasteiger partial charge < -0.3 is 24.8 Å². The minimum absolute atomic E-state index is 0.318. The molecule has 8 nitrogen and oxygen atoms in total. The Morgan fingerprint density at radius 1 is 0.676 bits per heavy atom. The Balaban J connectivity index is 2.39. The van der Waals surface area contributed by atoms with Crippen LogP contribution in [0.2, 0.25) is 0 Å². The van der Waals surface area contributed by atoms with Crippen LogP contribution >= 0.6 is 0 Å². The monoisotopic (exact) mass is 469 g/mol. The third kappa shape index (κ3) is 15.3. The molecule has 0 amide bonds. The summed E-state index contributed by atoms with van der Waals surface area (Å²) in [4.78, 5) is 0. The summed E-state index contributed by atoms with van der Waals surface area (Å²) in [5, 5.41) is 33.3. The van der Waals surface area contributed by atoms with Crippen molar-refractivity contribution in [1.29, 1.82) is 15.8 Å². The molecule has 0 radical (unpaired) electrons. The molecule has 0 aromatic heterocycles. The number of benzene rings is 1. The molecule has 1 aromatic carbocycles. The van der Waals surface area contributed by atoms with Crippen molar-refractivity contribution < 1.29 is 14.2 Å². The van der Waals surface area contributed by atoms with Crippen molar-refractivity contribution in [3.05, 3.63) is 35.9 Å². The molecule has 186 valence electrons. The normalized spacial score (nSPS) is 11.0. The Hall–Kier alpha value is -2.51. The number of hydrogen-bond donors (Lipinski definition) is 2. The maximum atomic E-state index is 8.77. The minimum Gasteiger partial charge on any atom is -0.378 e. The zero-order chi connectivity index (χ0) is 24.6. The fourth-order valence-corrected chi connectivity index (χ4v) is 3.34. The average molecular weight is 470 g/mol. The third-order valence-corrected chi connectivity index (χ3v) is 5.16. The van der Waals surface area contributed by atoms with Crippen LogP contribution in [0, 0.1) is 34.0 Å². The molecule has 1 aromatic rings. The van der Waals surface area contributed by atoms with Crippen LogP contribution < -0.4 is 10.6 Å². The molecule has 0 aliphatic carbocycles. The number of unbranched alkanes of at least 4 members (excludes halogenated alkanes) is 3. The van der Waals surface area contributed by atoms with Crippen LogP contribution in [0.4, 0.5) is 0 Å². The van der Waals surface area contributed by atoms with Crippen LogP contribution in [0.25, 0.3) is 0 Å². The van der Waals surface area contributed by atoms with Crippen LogP contribution in [-0.2, 0) is 20.8 Å². The summed E-state index contributed by atoms with van der Waals surface area (Å²) in [5.41, 5.74) is 0.714. The first-order valence-corrected chi connectivity index (χ1v) is 12.1. The van der Waals surface area contributed by atoms with Gasteiger partial charge in [-0.15, -0.1) is 0 Å². The Morgan fingerprint density at radius 2 is 1.18 bits per heavy atom. The molecule has 0 fully saturated rings. The molecule has 0 spiro atoms. The number of nitrogens with one attached hydrogen (secondary N) is 2. The van der Waals surface area contributed by atoms with Gasteiger partial charge in [0, 0.05) is 6.54 Å². The lowest BCUT2D eigenvalue weighted by atomic mass is 10.0. The smallest absolute Gasteiger partial charge is 0.0889 e. The number of hydrogen-bond acceptors (Lipinski definition) is 8. The van der Waals surface area contributed by atoms with E-state index in [1.165, 1.54) is 5.56 Å². The predicted molar refractivity (Wildman–Crippen MR) is 130 cm³/mol. The van der Waals surface area contributed by atoms with Crippen LogP contribution in [0.5, 0.6) is 0 Å². The number of rotatable bonds is 22. The molecule has 0 atom stereocenters. The topological polar surface area (TPSA) is 123 Å². The number of ether oxygens (including phenoxy) is 3. The van der Waals surface area contributed by atoms with Crippen molar-refractivity contribution in [1.82, 2.24) is 10.6 Å². The van der Waals surface area contributed by atoms with Gasteiger partial charge in [-0.05, 0) is 31.5 Å². The van der Waals surface area contributed by atoms with E-state index in [0.717, 1.165) is 45.3 Å². The van der Waals surface area contributed by atoms with Gasteiger partial charge in [-0.2, -0.15) is 15.8 Å². The van der Waals surface area contributed by atoms with E-state index in [1.807, 2.05) is 6.07 Å². The van der Waals surface area contributed by atoms with Crippen molar-refractivity contribution in [2.45, 2.75) is 57.0 Å². The Kier molecular flexibility index (Phi) is 18.3. The quantitative estimate of drug-likeness (QED) is 0.248. The Morgan fingerprint density at radius 3 is 1.68 bits per heavy atom. The van der Waals surface area contributed by atoms with E-state index in [0.29, 0.717) is 58.9 Å². The van der Waals surface area contributed by atoms with Crippen molar-refractivity contribution in [2.75, 3.05) is 52.7 Å². The van der Waals surface area contributed by atoms with Crippen molar-refractivity contribution in [2.24, 2.45) is 0 Å². The van der Waals surface area contributed by atoms with Gasteiger partial charge in [-0.25, -0.2) is 0 Å². The third-order valence-electron chi connectivity index (χ3n) is 5.16. The maximum absolute atomic E-state index is 8.77. The van der Waals surface area contributed by atoms with Crippen LogP contribution in [0.3, 0.4) is 0 Å². The van der Waals surface area contributed by atoms with E-state index in [1.54, 1.807) is 0 Å². The van der Waals surface area contributed by atoms with Gasteiger partial charge in [-0.3, -0.25) is 0 Å². The second-order valence-electron chi connectivity index (χ2n) is 8.17. The molecule has 0 saturated heterocycles. The number of nitrogens with zero attached hydrogens (tertiary/aromatic N) is 3. The fraction of sp³-hybridized carbons (Fsp3) is 0.654. The molecular weight excluding hydrogens is 430 g/mol. The van der Waals surface area contributed by atoms with Crippen molar-refractivity contribution in [3.63, 3.8) is 0 Å². The highest BCUT2D eigenvalue weighted by atomic mass is 16.5. The highest BCUT2D eigenvalue weighted by Crippen LogP contribution is 2.11. The summed E-state index contributed by atoms with van der Waals surface area (Å²) in [6, 6.07) is 16.6. The zero-order valence-corrected chi connectivity index (χ0v) is 20.3. The summed E-state index contributed by atoms with van der Waals surface area (Å²) in [6.07, 6.45) is 5.35. The summed E-state index contributed by atoms with van der Waals surface area (Å²) >= 11 is 0. The zero-order valence-electron chi connectivity index (χ0n) is 20.3. The summed E-state index contributed by atoms with van der Waals surface area (Å²) < 4.78 is 17.2. The molecule has 1 rings (SSSR count). The Labute approximate surface area is 204 Å². The van der Waals surface area contributed by atoms with E-state index >= 15 is 0 Å². The first-order valence-electron chi connectivity index (χ1n) is 12.1. The lowest BCUT2D eigenvalue weighted by Gasteiger charge is -2.34. The van der Waals surface area contributed by atoms with E-state index in [9.17, 15) is 0 Å². The highest BCUT2D eigenvalue weighted by Gasteiger charge is 2.31. The van der Waals surface area contributed by atoms with Crippen molar-refractivity contribution >= 4 is 0 Å². The summed E-state index contributed by atoms with van der Waals surface area (Å²) in [5.74, 6) is 0. The van der Waals surface area contributed by atoms with Crippen LogP contribution in [0.15, 0.2) is 30.3 Å². The van der Waals surface area contributed by atoms with Gasteiger partial charge in [0.15, 0.2) is 0 Å². The molecule has 34 heavy (non-hydrogen) atoms. The van der Waals surface area contributed by atoms with E-state index in [4.69, 9.17) is 30.0 Å². The lowest BCUT2D eigenvalue weighted by molar-refractivity contribution is -0.0374. The molecule has 8 heteroatoms. The lowest BCUT2D eigenvalue weighted by Crippen LogP contribution is -2.57. The molecule has 0 aliphatic heterocycles. The molecule has 0 heterocycles. The number of nitriles is 3. The van der Waals surface area contributed by atoms with Gasteiger partial charge in [0.25, 0.3) is 0 Å². The SMILES string of the molecule is N#CCCOCC(COCCC#N)(COCCC#N)NCCCCCCNCc1ccccc1. The van der Waals surface area contributed by atoms with E-state index < -0.39 is 5.54 Å². The minimum atomic E-state index is -0.586. The van der Waals surface area contributed by atoms with Gasteiger partial charge >= 0.3 is 0 Å². The molecule has 0 aliphatic rings. The van der Waals surface area contributed by atoms with Gasteiger partial charge in [0.05, 0.1) is 82.7 Å². The second-order valence-corrected chi connectivity index (χ2v) is 8.17. The predicted octanol–water partition coefficient (Wildman–Crippen LogP) is 3.46. The first kappa shape index (κ1) is 29.5. The summed E-state index contributed by atoms with van der Waals surface area (Å²) in [7, 11) is 0. The molecule has 0 saturated carbocycles. The average Bonchev–Trinajstić information content (AvgIpc) is 2.86. The van der Waals surface area contributed by atoms with Crippen LogP contribution in [-0.4, -0.2) is 58.3 Å². The van der Waals surface area contributed by atoms with Gasteiger partial charge in [0.2, 0.25) is 0 Å². The standard InChI is InChI=1S/C26H39N5O3/c27-13-8-18-32-22-26(23-33-19-9-14-28,24-34-20-10-15-29)31-17-7-2-1-6-16-30-21-25-11-4-3-5-12-25/h3-5,11-12,30-31H,1-2,6-10,16-24H2. The second kappa shape index (κ2) is 21.1. The first-order chi connectivity index (χ1) is 16.8. The molecule has 2 N–H and O–H groups in total. The Bertz CT molecular complexity index is 684. The largest absolute Gasteiger partial charge is 0.378 e. The maximum Gasteiger partial charge on any atom is 0.0889 e. The van der Waals surface area contributed by atoms with Crippen molar-refractivity contribution in [3.8, 4) is 18.2 Å². The van der Waals surface area contributed by atoms with Crippen LogP contribution in [0.1, 0.15) is 50.5 Å². The molecule has 0 bridgehead atoms. The summed E-state index contributed by atoms with van der Waals surface area (Å²) in [6.45, 7) is 4.69. The fourth-order valence-electron chi connectivity index (χ4n) is 3.34. The van der Waals surface area contributed by atoms with E-state index in [2.05, 4.69) is 53.1 Å². The van der Waals surface area contributed by atoms with Gasteiger partial charge in [0.1, 0.15) is 0 Å².